The topological polar surface area (TPSA) is 94.8 Å². The van der Waals surface area contributed by atoms with E-state index in [1.54, 1.807) is 6.92 Å². The predicted molar refractivity (Wildman–Crippen MR) is 74.2 cm³/mol. The number of aliphatic hydroxyl groups excluding tert-OH is 1. The van der Waals surface area contributed by atoms with E-state index in [4.69, 9.17) is 15.3 Å². The molecule has 114 valence electrons. The van der Waals surface area contributed by atoms with Crippen LogP contribution < -0.4 is 0 Å². The highest BCUT2D eigenvalue weighted by Crippen LogP contribution is 2.07. The number of carbonyl (C=O) groups is 2. The molecule has 19 heavy (non-hydrogen) atoms. The Morgan fingerprint density at radius 3 is 1.68 bits per heavy atom. The molecule has 0 saturated heterocycles. The third-order valence-electron chi connectivity index (χ3n) is 2.67. The summed E-state index contributed by atoms with van der Waals surface area (Å²) in [5, 5.41) is 24.6. The second-order valence-corrected chi connectivity index (χ2v) is 4.53. The van der Waals surface area contributed by atoms with Gasteiger partial charge in [0.1, 0.15) is 0 Å². The molecule has 0 bridgehead atoms. The minimum atomic E-state index is -1.18. The van der Waals surface area contributed by atoms with Gasteiger partial charge in [0.25, 0.3) is 0 Å². The number of unbranched alkanes of at least 4 members (excludes halogenated alkanes) is 6. The number of hydrogen-bond donors (Lipinski definition) is 3. The van der Waals surface area contributed by atoms with Gasteiger partial charge in [-0.2, -0.15) is 0 Å². The monoisotopic (exact) mass is 276 g/mol. The zero-order chi connectivity index (χ0) is 15.1. The maximum atomic E-state index is 10.1. The van der Waals surface area contributed by atoms with Crippen LogP contribution in [0.1, 0.15) is 71.6 Å². The van der Waals surface area contributed by atoms with Crippen molar-refractivity contribution in [3.63, 3.8) is 0 Å². The van der Waals surface area contributed by atoms with E-state index in [0.717, 1.165) is 12.8 Å². The van der Waals surface area contributed by atoms with Gasteiger partial charge in [-0.1, -0.05) is 52.4 Å². The molecular formula is C14H28O5. The molecule has 0 rings (SSSR count). The molecule has 0 spiro atoms. The molecule has 0 aromatic heterocycles. The maximum Gasteiger partial charge on any atom is 0.332 e. The van der Waals surface area contributed by atoms with Crippen molar-refractivity contribution in [3.8, 4) is 0 Å². The van der Waals surface area contributed by atoms with Crippen molar-refractivity contribution >= 4 is 11.9 Å². The van der Waals surface area contributed by atoms with Crippen LogP contribution in [0.25, 0.3) is 0 Å². The SMILES string of the molecule is CCC(O)C(=O)O.CCCCCCCCCC(=O)O. The van der Waals surface area contributed by atoms with E-state index < -0.39 is 18.0 Å². The Balaban J connectivity index is 0. The standard InChI is InChI=1S/C10H20O2.C4H8O3/c1-2-3-4-5-6-7-8-9-10(11)12;1-2-3(5)4(6)7/h2-9H2,1H3,(H,11,12);3,5H,2H2,1H3,(H,6,7). The minimum absolute atomic E-state index is 0.273. The quantitative estimate of drug-likeness (QED) is 0.533. The average molecular weight is 276 g/mol. The Kier molecular flexibility index (Phi) is 15.9. The third kappa shape index (κ3) is 19.4. The smallest absolute Gasteiger partial charge is 0.332 e. The molecule has 1 unspecified atom stereocenters. The normalized spacial score (nSPS) is 11.3. The summed E-state index contributed by atoms with van der Waals surface area (Å²) in [4.78, 5) is 19.8. The van der Waals surface area contributed by atoms with Crippen LogP contribution in [0.15, 0.2) is 0 Å². The van der Waals surface area contributed by atoms with Crippen LogP contribution in [-0.2, 0) is 9.59 Å². The van der Waals surface area contributed by atoms with Crippen molar-refractivity contribution in [2.75, 3.05) is 0 Å². The summed E-state index contributed by atoms with van der Waals surface area (Å²) < 4.78 is 0. The Morgan fingerprint density at radius 2 is 1.37 bits per heavy atom. The molecule has 0 aliphatic rings. The van der Waals surface area contributed by atoms with Gasteiger partial charge in [0.2, 0.25) is 0 Å². The van der Waals surface area contributed by atoms with Crippen molar-refractivity contribution < 1.29 is 24.9 Å². The maximum absolute atomic E-state index is 10.1. The van der Waals surface area contributed by atoms with E-state index >= 15 is 0 Å². The van der Waals surface area contributed by atoms with Crippen LogP contribution in [0, 0.1) is 0 Å². The lowest BCUT2D eigenvalue weighted by atomic mass is 10.1. The molecule has 0 saturated carbocycles. The summed E-state index contributed by atoms with van der Waals surface area (Å²) >= 11 is 0. The Bertz CT molecular complexity index is 228. The van der Waals surface area contributed by atoms with Crippen LogP contribution in [0.3, 0.4) is 0 Å². The number of hydrogen-bond acceptors (Lipinski definition) is 3. The molecule has 5 heteroatoms. The van der Waals surface area contributed by atoms with Crippen LogP contribution in [0.2, 0.25) is 0 Å². The lowest BCUT2D eigenvalue weighted by Crippen LogP contribution is -2.17. The fourth-order valence-electron chi connectivity index (χ4n) is 1.41. The number of aliphatic hydroxyl groups is 1. The molecule has 0 aromatic carbocycles. The van der Waals surface area contributed by atoms with Crippen LogP contribution >= 0.6 is 0 Å². The first-order valence-electron chi connectivity index (χ1n) is 7.08. The van der Waals surface area contributed by atoms with Gasteiger partial charge in [0, 0.05) is 6.42 Å². The highest BCUT2D eigenvalue weighted by molar-refractivity contribution is 5.71. The first kappa shape index (κ1) is 20.2. The minimum Gasteiger partial charge on any atom is -0.481 e. The van der Waals surface area contributed by atoms with Crippen molar-refractivity contribution in [3.05, 3.63) is 0 Å². The van der Waals surface area contributed by atoms with E-state index in [1.165, 1.54) is 32.1 Å². The summed E-state index contributed by atoms with van der Waals surface area (Å²) in [6.07, 6.45) is 7.74. The summed E-state index contributed by atoms with van der Waals surface area (Å²) in [5.41, 5.74) is 0. The lowest BCUT2D eigenvalue weighted by molar-refractivity contribution is -0.146. The average Bonchev–Trinajstić information content (AvgIpc) is 2.37. The Labute approximate surface area is 115 Å². The molecule has 3 N–H and O–H groups in total. The highest BCUT2D eigenvalue weighted by atomic mass is 16.4. The molecule has 5 nitrogen and oxygen atoms in total. The Hall–Kier alpha value is -1.10. The second kappa shape index (κ2) is 15.0. The fourth-order valence-corrected chi connectivity index (χ4v) is 1.41. The zero-order valence-corrected chi connectivity index (χ0v) is 12.1. The van der Waals surface area contributed by atoms with Crippen LogP contribution in [0.5, 0.6) is 0 Å². The number of carboxylic acids is 2. The largest absolute Gasteiger partial charge is 0.481 e. The molecule has 1 atom stereocenters. The molecule has 0 aliphatic heterocycles. The highest BCUT2D eigenvalue weighted by Gasteiger charge is 2.07. The van der Waals surface area contributed by atoms with Crippen molar-refractivity contribution in [2.24, 2.45) is 0 Å². The van der Waals surface area contributed by atoms with E-state index in [9.17, 15) is 9.59 Å². The van der Waals surface area contributed by atoms with E-state index in [-0.39, 0.29) is 6.42 Å². The summed E-state index contributed by atoms with van der Waals surface area (Å²) in [6.45, 7) is 3.81. The van der Waals surface area contributed by atoms with Gasteiger partial charge < -0.3 is 15.3 Å². The molecule has 0 aliphatic carbocycles. The zero-order valence-electron chi connectivity index (χ0n) is 12.1. The van der Waals surface area contributed by atoms with Gasteiger partial charge >= 0.3 is 11.9 Å². The van der Waals surface area contributed by atoms with Gasteiger partial charge in [-0.25, -0.2) is 4.79 Å². The third-order valence-corrected chi connectivity index (χ3v) is 2.67. The van der Waals surface area contributed by atoms with Gasteiger partial charge in [0.05, 0.1) is 0 Å². The molecular weight excluding hydrogens is 248 g/mol. The fraction of sp³-hybridized carbons (Fsp3) is 0.857. The number of aliphatic carboxylic acids is 2. The molecule has 0 aromatic rings. The van der Waals surface area contributed by atoms with Gasteiger partial charge in [-0.05, 0) is 12.8 Å². The van der Waals surface area contributed by atoms with E-state index in [1.807, 2.05) is 0 Å². The number of carboxylic acid groups (broad SMARTS) is 2. The molecule has 0 amide bonds. The van der Waals surface area contributed by atoms with Gasteiger partial charge in [0.15, 0.2) is 6.10 Å². The Morgan fingerprint density at radius 1 is 0.895 bits per heavy atom. The van der Waals surface area contributed by atoms with Crippen molar-refractivity contribution in [2.45, 2.75) is 77.7 Å². The summed E-state index contributed by atoms with van der Waals surface area (Å²) in [6, 6.07) is 0. The summed E-state index contributed by atoms with van der Waals surface area (Å²) in [7, 11) is 0. The predicted octanol–water partition coefficient (Wildman–Crippen LogP) is 3.05. The van der Waals surface area contributed by atoms with Crippen molar-refractivity contribution in [1.29, 1.82) is 0 Å². The van der Waals surface area contributed by atoms with Gasteiger partial charge in [-0.15, -0.1) is 0 Å². The van der Waals surface area contributed by atoms with Crippen LogP contribution in [0.4, 0.5) is 0 Å². The summed E-state index contributed by atoms with van der Waals surface area (Å²) in [5.74, 6) is -1.81. The first-order chi connectivity index (χ1) is 8.95. The van der Waals surface area contributed by atoms with Gasteiger partial charge in [-0.3, -0.25) is 4.79 Å². The molecule has 0 heterocycles. The van der Waals surface area contributed by atoms with Crippen molar-refractivity contribution in [1.82, 2.24) is 0 Å². The lowest BCUT2D eigenvalue weighted by Gasteiger charge is -1.98. The first-order valence-corrected chi connectivity index (χ1v) is 7.08. The second-order valence-electron chi connectivity index (χ2n) is 4.53. The number of rotatable bonds is 10. The van der Waals surface area contributed by atoms with E-state index in [0.29, 0.717) is 6.42 Å². The van der Waals surface area contributed by atoms with Crippen LogP contribution in [-0.4, -0.2) is 33.4 Å². The van der Waals surface area contributed by atoms with E-state index in [2.05, 4.69) is 6.92 Å². The molecule has 0 radical (unpaired) electrons. The molecule has 0 fully saturated rings.